The molecule has 5 nitrogen and oxygen atoms in total. The maximum Gasteiger partial charge on any atom is 0.337 e. The zero-order valence-electron chi connectivity index (χ0n) is 14.2. The minimum Gasteiger partial charge on any atom is -0.465 e. The maximum absolute atomic E-state index is 11.6. The molecule has 0 unspecified atom stereocenters. The first-order valence-electron chi connectivity index (χ1n) is 7.79. The molecule has 0 atom stereocenters. The number of anilines is 1. The Hall–Kier alpha value is -3.07. The zero-order chi connectivity index (χ0) is 19.6. The summed E-state index contributed by atoms with van der Waals surface area (Å²) in [5, 5.41) is 10.4. The van der Waals surface area contributed by atoms with Crippen LogP contribution in [0.2, 0.25) is 10.0 Å². The van der Waals surface area contributed by atoms with Crippen molar-refractivity contribution in [3.05, 3.63) is 69.7 Å². The molecule has 134 valence electrons. The molecule has 3 rings (SSSR count). The fraction of sp³-hybridized carbons (Fsp3) is 0.0500. The fourth-order valence-electron chi connectivity index (χ4n) is 2.65. The predicted molar refractivity (Wildman–Crippen MR) is 106 cm³/mol. The van der Waals surface area contributed by atoms with Crippen molar-refractivity contribution >= 4 is 35.0 Å². The van der Waals surface area contributed by atoms with Crippen LogP contribution >= 0.6 is 23.2 Å². The van der Waals surface area contributed by atoms with Gasteiger partial charge in [-0.25, -0.2) is 9.78 Å². The van der Waals surface area contributed by atoms with Crippen LogP contribution in [-0.4, -0.2) is 18.1 Å². The molecule has 0 bridgehead atoms. The molecular formula is C20H13Cl2N3O2. The van der Waals surface area contributed by atoms with Crippen molar-refractivity contribution in [3.8, 4) is 28.5 Å². The van der Waals surface area contributed by atoms with Crippen LogP contribution in [0.25, 0.3) is 22.4 Å². The van der Waals surface area contributed by atoms with Gasteiger partial charge in [-0.2, -0.15) is 5.26 Å². The Kier molecular flexibility index (Phi) is 5.31. The number of carbonyl (C=O) groups is 1. The van der Waals surface area contributed by atoms with Gasteiger partial charge in [0, 0.05) is 16.1 Å². The van der Waals surface area contributed by atoms with Crippen molar-refractivity contribution in [2.75, 3.05) is 12.8 Å². The van der Waals surface area contributed by atoms with Crippen molar-refractivity contribution in [2.24, 2.45) is 0 Å². The van der Waals surface area contributed by atoms with Gasteiger partial charge >= 0.3 is 5.97 Å². The van der Waals surface area contributed by atoms with Gasteiger partial charge in [0.25, 0.3) is 0 Å². The number of nitrogens with two attached hydrogens (primary N) is 1. The molecule has 0 radical (unpaired) electrons. The van der Waals surface area contributed by atoms with E-state index in [1.165, 1.54) is 7.11 Å². The number of esters is 1. The highest BCUT2D eigenvalue weighted by Crippen LogP contribution is 2.35. The summed E-state index contributed by atoms with van der Waals surface area (Å²) in [7, 11) is 1.32. The lowest BCUT2D eigenvalue weighted by Crippen LogP contribution is -2.02. The molecule has 0 saturated carbocycles. The van der Waals surface area contributed by atoms with Crippen LogP contribution in [0.5, 0.6) is 0 Å². The minimum atomic E-state index is -0.440. The molecule has 0 aliphatic carbocycles. The van der Waals surface area contributed by atoms with Crippen LogP contribution in [0, 0.1) is 11.3 Å². The van der Waals surface area contributed by atoms with E-state index in [0.29, 0.717) is 38.0 Å². The van der Waals surface area contributed by atoms with Crippen molar-refractivity contribution < 1.29 is 9.53 Å². The van der Waals surface area contributed by atoms with Gasteiger partial charge in [0.1, 0.15) is 17.5 Å². The van der Waals surface area contributed by atoms with Crippen LogP contribution in [0.1, 0.15) is 15.9 Å². The number of nitriles is 1. The highest BCUT2D eigenvalue weighted by molar-refractivity contribution is 6.36. The summed E-state index contributed by atoms with van der Waals surface area (Å²) in [5.41, 5.74) is 9.11. The minimum absolute atomic E-state index is 0.0908. The number of rotatable bonds is 3. The van der Waals surface area contributed by atoms with E-state index in [2.05, 4.69) is 11.1 Å². The highest BCUT2D eigenvalue weighted by Gasteiger charge is 2.16. The molecule has 2 aromatic carbocycles. The lowest BCUT2D eigenvalue weighted by molar-refractivity contribution is 0.0601. The van der Waals surface area contributed by atoms with E-state index in [-0.39, 0.29) is 11.4 Å². The molecule has 7 heteroatoms. The third kappa shape index (κ3) is 3.72. The van der Waals surface area contributed by atoms with Gasteiger partial charge in [-0.15, -0.1) is 0 Å². The summed E-state index contributed by atoms with van der Waals surface area (Å²) >= 11 is 12.2. The SMILES string of the molecule is COC(=O)c1ccc(-c2cc(-c3ccc(Cl)cc3Cl)nc(N)c2C#N)cc1. The van der Waals surface area contributed by atoms with Gasteiger partial charge in [-0.05, 0) is 42.0 Å². The number of hydrogen-bond acceptors (Lipinski definition) is 5. The normalized spacial score (nSPS) is 10.3. The van der Waals surface area contributed by atoms with Gasteiger partial charge in [-0.1, -0.05) is 35.3 Å². The van der Waals surface area contributed by atoms with E-state index in [1.54, 1.807) is 48.5 Å². The number of pyridine rings is 1. The number of ether oxygens (including phenoxy) is 1. The number of halogens is 2. The lowest BCUT2D eigenvalue weighted by Gasteiger charge is -2.12. The number of aromatic nitrogens is 1. The Morgan fingerprint density at radius 1 is 1.11 bits per heavy atom. The Balaban J connectivity index is 2.16. The number of nitrogen functional groups attached to an aromatic ring is 1. The predicted octanol–water partition coefficient (Wildman–Crippen LogP) is 4.96. The Labute approximate surface area is 165 Å². The van der Waals surface area contributed by atoms with Crippen molar-refractivity contribution in [1.82, 2.24) is 4.98 Å². The number of carbonyl (C=O) groups excluding carboxylic acids is 1. The van der Waals surface area contributed by atoms with Crippen LogP contribution in [-0.2, 0) is 4.74 Å². The van der Waals surface area contributed by atoms with Crippen LogP contribution in [0.4, 0.5) is 5.82 Å². The van der Waals surface area contributed by atoms with Gasteiger partial charge in [0.2, 0.25) is 0 Å². The molecule has 0 saturated heterocycles. The van der Waals surface area contributed by atoms with Crippen molar-refractivity contribution in [1.29, 1.82) is 5.26 Å². The monoisotopic (exact) mass is 397 g/mol. The Morgan fingerprint density at radius 3 is 2.41 bits per heavy atom. The second-order valence-electron chi connectivity index (χ2n) is 5.62. The first kappa shape index (κ1) is 18.7. The molecule has 0 aliphatic rings. The molecular weight excluding hydrogens is 385 g/mol. The average Bonchev–Trinajstić information content (AvgIpc) is 2.67. The van der Waals surface area contributed by atoms with E-state index in [1.807, 2.05) is 0 Å². The van der Waals surface area contributed by atoms with E-state index in [4.69, 9.17) is 33.7 Å². The third-order valence-corrected chi connectivity index (χ3v) is 4.53. The molecule has 1 heterocycles. The van der Waals surface area contributed by atoms with Crippen molar-refractivity contribution in [2.45, 2.75) is 0 Å². The van der Waals surface area contributed by atoms with Crippen LogP contribution in [0.3, 0.4) is 0 Å². The number of methoxy groups -OCH3 is 1. The Bertz CT molecular complexity index is 1070. The second kappa shape index (κ2) is 7.67. The van der Waals surface area contributed by atoms with E-state index >= 15 is 0 Å². The average molecular weight is 398 g/mol. The number of benzene rings is 2. The molecule has 27 heavy (non-hydrogen) atoms. The second-order valence-corrected chi connectivity index (χ2v) is 6.46. The summed E-state index contributed by atoms with van der Waals surface area (Å²) in [6.45, 7) is 0. The van der Waals surface area contributed by atoms with Crippen LogP contribution < -0.4 is 5.73 Å². The molecule has 0 fully saturated rings. The first-order chi connectivity index (χ1) is 12.9. The molecule has 0 amide bonds. The quantitative estimate of drug-likeness (QED) is 0.630. The third-order valence-electron chi connectivity index (χ3n) is 3.98. The first-order valence-corrected chi connectivity index (χ1v) is 8.55. The highest BCUT2D eigenvalue weighted by atomic mass is 35.5. The molecule has 3 aromatic rings. The zero-order valence-corrected chi connectivity index (χ0v) is 15.7. The summed E-state index contributed by atoms with van der Waals surface area (Å²) in [5.74, 6) is -0.349. The Morgan fingerprint density at radius 2 is 1.81 bits per heavy atom. The largest absolute Gasteiger partial charge is 0.465 e. The van der Waals surface area contributed by atoms with E-state index in [9.17, 15) is 10.1 Å². The molecule has 1 aromatic heterocycles. The molecule has 0 aliphatic heterocycles. The molecule has 2 N–H and O–H groups in total. The number of nitrogens with zero attached hydrogens (tertiary/aromatic N) is 2. The number of hydrogen-bond donors (Lipinski definition) is 1. The molecule has 0 spiro atoms. The standard InChI is InChI=1S/C20H13Cl2N3O2/c1-27-20(26)12-4-2-11(3-5-12)15-9-18(25-19(24)16(15)10-23)14-7-6-13(21)8-17(14)22/h2-9H,1H3,(H2,24,25). The van der Waals surface area contributed by atoms with Crippen molar-refractivity contribution in [3.63, 3.8) is 0 Å². The smallest absolute Gasteiger partial charge is 0.337 e. The maximum atomic E-state index is 11.6. The van der Waals surface area contributed by atoms with Crippen LogP contribution in [0.15, 0.2) is 48.5 Å². The summed E-state index contributed by atoms with van der Waals surface area (Å²) in [4.78, 5) is 15.9. The fourth-order valence-corrected chi connectivity index (χ4v) is 3.15. The van der Waals surface area contributed by atoms with Gasteiger partial charge in [0.05, 0.1) is 23.4 Å². The van der Waals surface area contributed by atoms with Gasteiger partial charge in [0.15, 0.2) is 0 Å². The van der Waals surface area contributed by atoms with Gasteiger partial charge < -0.3 is 10.5 Å². The summed E-state index contributed by atoms with van der Waals surface area (Å²) in [6, 6.07) is 15.5. The topological polar surface area (TPSA) is 89.0 Å². The van der Waals surface area contributed by atoms with E-state index in [0.717, 1.165) is 0 Å². The van der Waals surface area contributed by atoms with Gasteiger partial charge in [-0.3, -0.25) is 0 Å². The summed E-state index contributed by atoms with van der Waals surface area (Å²) < 4.78 is 4.70. The van der Waals surface area contributed by atoms with E-state index < -0.39 is 5.97 Å². The summed E-state index contributed by atoms with van der Waals surface area (Å²) in [6.07, 6.45) is 0. The lowest BCUT2D eigenvalue weighted by atomic mass is 9.97.